The Kier molecular flexibility index (Phi) is 4.08. The van der Waals surface area contributed by atoms with E-state index in [1.807, 2.05) is 25.1 Å². The Morgan fingerprint density at radius 2 is 2.05 bits per heavy atom. The Bertz CT molecular complexity index is 647. The average Bonchev–Trinajstić information content (AvgIpc) is 2.38. The Labute approximate surface area is 116 Å². The van der Waals surface area contributed by atoms with E-state index in [0.717, 1.165) is 10.5 Å². The molecule has 2 nitrogen and oxygen atoms in total. The maximum Gasteiger partial charge on any atom is 0.123 e. The minimum absolute atomic E-state index is 0.327. The molecule has 2 rings (SSSR count). The molecule has 2 N–H and O–H groups in total. The predicted octanol–water partition coefficient (Wildman–Crippen LogP) is 3.88. The molecule has 0 saturated carbocycles. The van der Waals surface area contributed by atoms with Crippen molar-refractivity contribution in [3.8, 4) is 6.07 Å². The largest absolute Gasteiger partial charge is 0.398 e. The normalized spacial score (nSPS) is 10.2. The summed E-state index contributed by atoms with van der Waals surface area (Å²) in [5.74, 6) is 0.194. The molecule has 0 bridgehead atoms. The lowest BCUT2D eigenvalue weighted by Gasteiger charge is -2.07. The van der Waals surface area contributed by atoms with E-state index < -0.39 is 0 Å². The summed E-state index contributed by atoms with van der Waals surface area (Å²) in [6.07, 6.45) is 0. The van der Waals surface area contributed by atoms with Gasteiger partial charge in [-0.25, -0.2) is 4.39 Å². The van der Waals surface area contributed by atoms with Crippen LogP contribution in [0.3, 0.4) is 0 Å². The van der Waals surface area contributed by atoms with Crippen molar-refractivity contribution in [3.05, 3.63) is 58.9 Å². The number of hydrogen-bond acceptors (Lipinski definition) is 3. The van der Waals surface area contributed by atoms with Gasteiger partial charge in [0.15, 0.2) is 0 Å². The summed E-state index contributed by atoms with van der Waals surface area (Å²) in [6.45, 7) is 1.98. The van der Waals surface area contributed by atoms with E-state index in [9.17, 15) is 4.39 Å². The highest BCUT2D eigenvalue weighted by Gasteiger charge is 2.06. The number of aryl methyl sites for hydroxylation is 1. The second kappa shape index (κ2) is 5.77. The number of nitriles is 1. The highest BCUT2D eigenvalue weighted by molar-refractivity contribution is 7.98. The standard InChI is InChI=1S/C15H13FN2S/c1-10-2-5-15(14(18)6-10)19-9-12-7-13(16)4-3-11(12)8-17/h2-7H,9,18H2,1H3. The van der Waals surface area contributed by atoms with Crippen LogP contribution in [-0.2, 0) is 5.75 Å². The van der Waals surface area contributed by atoms with Crippen LogP contribution in [0.4, 0.5) is 10.1 Å². The highest BCUT2D eigenvalue weighted by atomic mass is 32.2. The third-order valence-electron chi connectivity index (χ3n) is 2.74. The first-order valence-electron chi connectivity index (χ1n) is 5.77. The first-order chi connectivity index (χ1) is 9.10. The minimum Gasteiger partial charge on any atom is -0.398 e. The Morgan fingerprint density at radius 3 is 2.74 bits per heavy atom. The van der Waals surface area contributed by atoms with Crippen LogP contribution in [0.1, 0.15) is 16.7 Å². The lowest BCUT2D eigenvalue weighted by molar-refractivity contribution is 0.626. The zero-order valence-corrected chi connectivity index (χ0v) is 11.3. The molecule has 0 aliphatic carbocycles. The van der Waals surface area contributed by atoms with Crippen molar-refractivity contribution in [2.75, 3.05) is 5.73 Å². The van der Waals surface area contributed by atoms with Gasteiger partial charge in [-0.2, -0.15) is 5.26 Å². The number of rotatable bonds is 3. The molecule has 4 heteroatoms. The molecular formula is C15H13FN2S. The minimum atomic E-state index is -0.327. The number of benzene rings is 2. The maximum absolute atomic E-state index is 13.2. The molecule has 0 amide bonds. The summed E-state index contributed by atoms with van der Waals surface area (Å²) < 4.78 is 13.2. The molecule has 0 radical (unpaired) electrons. The van der Waals surface area contributed by atoms with Crippen molar-refractivity contribution in [3.63, 3.8) is 0 Å². The fourth-order valence-electron chi connectivity index (χ4n) is 1.75. The van der Waals surface area contributed by atoms with Gasteiger partial charge >= 0.3 is 0 Å². The lowest BCUT2D eigenvalue weighted by atomic mass is 10.1. The number of thioether (sulfide) groups is 1. The van der Waals surface area contributed by atoms with Gasteiger partial charge in [-0.05, 0) is 48.4 Å². The topological polar surface area (TPSA) is 49.8 Å². The van der Waals surface area contributed by atoms with Crippen LogP contribution in [-0.4, -0.2) is 0 Å². The highest BCUT2D eigenvalue weighted by Crippen LogP contribution is 2.29. The van der Waals surface area contributed by atoms with E-state index in [1.54, 1.807) is 0 Å². The van der Waals surface area contributed by atoms with Gasteiger partial charge in [0.2, 0.25) is 0 Å². The van der Waals surface area contributed by atoms with Crippen LogP contribution in [0, 0.1) is 24.1 Å². The number of hydrogen-bond donors (Lipinski definition) is 1. The summed E-state index contributed by atoms with van der Waals surface area (Å²) in [7, 11) is 0. The summed E-state index contributed by atoms with van der Waals surface area (Å²) >= 11 is 1.50. The molecule has 0 aliphatic heterocycles. The van der Waals surface area contributed by atoms with Gasteiger partial charge in [0.1, 0.15) is 5.82 Å². The second-order valence-electron chi connectivity index (χ2n) is 4.24. The Balaban J connectivity index is 2.19. The van der Waals surface area contributed by atoms with E-state index in [-0.39, 0.29) is 5.82 Å². The fraction of sp³-hybridized carbons (Fsp3) is 0.133. The molecule has 0 aliphatic rings. The third-order valence-corrected chi connectivity index (χ3v) is 3.87. The van der Waals surface area contributed by atoms with Crippen LogP contribution in [0.2, 0.25) is 0 Å². The van der Waals surface area contributed by atoms with Crippen LogP contribution < -0.4 is 5.73 Å². The molecule has 0 unspecified atom stereocenters. The summed E-state index contributed by atoms with van der Waals surface area (Å²) in [5.41, 5.74) is 8.92. The van der Waals surface area contributed by atoms with Crippen molar-refractivity contribution in [2.45, 2.75) is 17.6 Å². The lowest BCUT2D eigenvalue weighted by Crippen LogP contribution is -1.92. The smallest absolute Gasteiger partial charge is 0.123 e. The first kappa shape index (κ1) is 13.4. The maximum atomic E-state index is 13.2. The average molecular weight is 272 g/mol. The van der Waals surface area contributed by atoms with E-state index in [0.29, 0.717) is 22.6 Å². The molecule has 96 valence electrons. The van der Waals surface area contributed by atoms with E-state index in [4.69, 9.17) is 11.0 Å². The zero-order chi connectivity index (χ0) is 13.8. The van der Waals surface area contributed by atoms with E-state index in [1.165, 1.54) is 30.0 Å². The zero-order valence-electron chi connectivity index (χ0n) is 10.5. The fourth-order valence-corrected chi connectivity index (χ4v) is 2.69. The molecular weight excluding hydrogens is 259 g/mol. The summed E-state index contributed by atoms with van der Waals surface area (Å²) in [6, 6.07) is 12.1. The van der Waals surface area contributed by atoms with Crippen LogP contribution in [0.15, 0.2) is 41.3 Å². The van der Waals surface area contributed by atoms with Crippen LogP contribution in [0.25, 0.3) is 0 Å². The van der Waals surface area contributed by atoms with Crippen LogP contribution in [0.5, 0.6) is 0 Å². The molecule has 0 aromatic heterocycles. The SMILES string of the molecule is Cc1ccc(SCc2cc(F)ccc2C#N)c(N)c1. The second-order valence-corrected chi connectivity index (χ2v) is 5.26. The number of anilines is 1. The van der Waals surface area contributed by atoms with Gasteiger partial charge in [-0.1, -0.05) is 6.07 Å². The molecule has 0 atom stereocenters. The molecule has 0 saturated heterocycles. The quantitative estimate of drug-likeness (QED) is 0.681. The van der Waals surface area contributed by atoms with Gasteiger partial charge in [-0.15, -0.1) is 11.8 Å². The van der Waals surface area contributed by atoms with Gasteiger partial charge in [0.25, 0.3) is 0 Å². The van der Waals surface area contributed by atoms with E-state index in [2.05, 4.69) is 6.07 Å². The first-order valence-corrected chi connectivity index (χ1v) is 6.76. The van der Waals surface area contributed by atoms with Gasteiger partial charge < -0.3 is 5.73 Å². The molecule has 2 aromatic rings. The van der Waals surface area contributed by atoms with Crippen molar-refractivity contribution >= 4 is 17.4 Å². The van der Waals surface area contributed by atoms with Gasteiger partial charge in [0, 0.05) is 16.3 Å². The summed E-state index contributed by atoms with van der Waals surface area (Å²) in [4.78, 5) is 0.943. The summed E-state index contributed by atoms with van der Waals surface area (Å²) in [5, 5.41) is 8.99. The molecule has 0 heterocycles. The van der Waals surface area contributed by atoms with Crippen molar-refractivity contribution in [2.24, 2.45) is 0 Å². The van der Waals surface area contributed by atoms with Gasteiger partial charge in [0.05, 0.1) is 11.6 Å². The monoisotopic (exact) mass is 272 g/mol. The van der Waals surface area contributed by atoms with Crippen molar-refractivity contribution in [1.82, 2.24) is 0 Å². The van der Waals surface area contributed by atoms with Crippen molar-refractivity contribution < 1.29 is 4.39 Å². The van der Waals surface area contributed by atoms with Crippen LogP contribution >= 0.6 is 11.8 Å². The number of nitrogens with zero attached hydrogens (tertiary/aromatic N) is 1. The molecule has 19 heavy (non-hydrogen) atoms. The van der Waals surface area contributed by atoms with Gasteiger partial charge in [-0.3, -0.25) is 0 Å². The Morgan fingerprint density at radius 1 is 1.26 bits per heavy atom. The number of nitrogen functional groups attached to an aromatic ring is 1. The third kappa shape index (κ3) is 3.27. The number of nitrogens with two attached hydrogens (primary N) is 1. The molecule has 0 fully saturated rings. The molecule has 2 aromatic carbocycles. The molecule has 0 spiro atoms. The number of halogens is 1. The van der Waals surface area contributed by atoms with Crippen molar-refractivity contribution in [1.29, 1.82) is 5.26 Å². The van der Waals surface area contributed by atoms with E-state index >= 15 is 0 Å². The predicted molar refractivity (Wildman–Crippen MR) is 76.3 cm³/mol. The Hall–Kier alpha value is -1.99.